The Morgan fingerprint density at radius 2 is 2.22 bits per heavy atom. The number of carbonyl (C=O) groups is 1. The molecule has 18 heavy (non-hydrogen) atoms. The summed E-state index contributed by atoms with van der Waals surface area (Å²) in [5, 5.41) is 12.3. The van der Waals surface area contributed by atoms with E-state index in [1.54, 1.807) is 0 Å². The van der Waals surface area contributed by atoms with Gasteiger partial charge in [-0.1, -0.05) is 13.8 Å². The van der Waals surface area contributed by atoms with Crippen molar-refractivity contribution in [3.8, 4) is 0 Å². The maximum atomic E-state index is 13.5. The van der Waals surface area contributed by atoms with E-state index < -0.39 is 17.8 Å². The third-order valence-corrected chi connectivity index (χ3v) is 3.76. The first-order valence-corrected chi connectivity index (χ1v) is 5.86. The second-order valence-corrected chi connectivity index (χ2v) is 5.34. The van der Waals surface area contributed by atoms with Crippen LogP contribution in [0, 0.1) is 11.2 Å². The minimum absolute atomic E-state index is 0.0628. The molecule has 4 nitrogen and oxygen atoms in total. The highest BCUT2D eigenvalue weighted by molar-refractivity contribution is 5.95. The molecule has 0 aromatic heterocycles. The zero-order valence-corrected chi connectivity index (χ0v) is 10.4. The number of aliphatic hydroxyl groups is 1. The van der Waals surface area contributed by atoms with Gasteiger partial charge in [-0.2, -0.15) is 0 Å². The summed E-state index contributed by atoms with van der Waals surface area (Å²) in [5.41, 5.74) is 5.43. The van der Waals surface area contributed by atoms with E-state index in [0.29, 0.717) is 12.1 Å². The van der Waals surface area contributed by atoms with Crippen LogP contribution in [0.4, 0.5) is 10.1 Å². The number of halogens is 1. The Morgan fingerprint density at radius 1 is 1.56 bits per heavy atom. The summed E-state index contributed by atoms with van der Waals surface area (Å²) in [6.45, 7) is 3.73. The van der Waals surface area contributed by atoms with Gasteiger partial charge < -0.3 is 16.2 Å². The third kappa shape index (κ3) is 2.06. The van der Waals surface area contributed by atoms with Gasteiger partial charge in [0, 0.05) is 17.1 Å². The molecule has 1 aliphatic rings. The van der Waals surface area contributed by atoms with Crippen molar-refractivity contribution in [3.05, 3.63) is 29.6 Å². The first kappa shape index (κ1) is 12.8. The molecule has 5 heteroatoms. The highest BCUT2D eigenvalue weighted by Crippen LogP contribution is 2.40. The van der Waals surface area contributed by atoms with E-state index in [1.165, 1.54) is 18.2 Å². The lowest BCUT2D eigenvalue weighted by molar-refractivity contribution is -0.0689. The van der Waals surface area contributed by atoms with Gasteiger partial charge in [0.15, 0.2) is 0 Å². The molecule has 1 aromatic carbocycles. The maximum absolute atomic E-state index is 13.5. The summed E-state index contributed by atoms with van der Waals surface area (Å²) in [7, 11) is 0. The average Bonchev–Trinajstić information content (AvgIpc) is 2.31. The van der Waals surface area contributed by atoms with Gasteiger partial charge in [0.1, 0.15) is 5.82 Å². The van der Waals surface area contributed by atoms with E-state index in [2.05, 4.69) is 5.32 Å². The molecule has 2 atom stereocenters. The minimum Gasteiger partial charge on any atom is -0.399 e. The number of rotatable bonds is 2. The van der Waals surface area contributed by atoms with Crippen LogP contribution in [0.3, 0.4) is 0 Å². The van der Waals surface area contributed by atoms with Gasteiger partial charge in [0.25, 0.3) is 5.91 Å². The number of anilines is 1. The summed E-state index contributed by atoms with van der Waals surface area (Å²) in [6.07, 6.45) is 0.0522. The predicted octanol–water partition coefficient (Wildman–Crippen LogP) is 1.30. The Morgan fingerprint density at radius 3 is 2.78 bits per heavy atom. The fourth-order valence-corrected chi connectivity index (χ4v) is 2.10. The topological polar surface area (TPSA) is 75.3 Å². The zero-order chi connectivity index (χ0) is 13.5. The van der Waals surface area contributed by atoms with Crippen molar-refractivity contribution in [2.24, 2.45) is 5.41 Å². The fourth-order valence-electron chi connectivity index (χ4n) is 2.10. The number of hydrogen-bond donors (Lipinski definition) is 3. The zero-order valence-electron chi connectivity index (χ0n) is 10.4. The normalized spacial score (nSPS) is 25.3. The van der Waals surface area contributed by atoms with Crippen LogP contribution in [0.25, 0.3) is 0 Å². The second kappa shape index (κ2) is 4.24. The molecule has 1 aromatic rings. The van der Waals surface area contributed by atoms with Gasteiger partial charge in [0.2, 0.25) is 0 Å². The van der Waals surface area contributed by atoms with Crippen molar-refractivity contribution in [1.82, 2.24) is 5.32 Å². The number of nitrogens with one attached hydrogen (secondary N) is 1. The molecular formula is C13H17FN2O2. The molecule has 2 unspecified atom stereocenters. The number of carbonyl (C=O) groups excluding carboxylic acids is 1. The SMILES string of the molecule is CC1(C)C(O)CC1NC(=O)c1cc(N)ccc1F. The standard InChI is InChI=1S/C13H17FN2O2/c1-13(2)10(6-11(13)17)16-12(18)8-5-7(15)3-4-9(8)14/h3-5,10-11,17H,6,15H2,1-2H3,(H,16,18). The van der Waals surface area contributed by atoms with Crippen molar-refractivity contribution in [3.63, 3.8) is 0 Å². The minimum atomic E-state index is -0.598. The van der Waals surface area contributed by atoms with E-state index in [4.69, 9.17) is 5.73 Å². The Labute approximate surface area is 105 Å². The van der Waals surface area contributed by atoms with Crippen molar-refractivity contribution in [1.29, 1.82) is 0 Å². The molecule has 0 radical (unpaired) electrons. The van der Waals surface area contributed by atoms with Gasteiger partial charge in [-0.3, -0.25) is 4.79 Å². The molecule has 98 valence electrons. The first-order chi connectivity index (χ1) is 8.32. The van der Waals surface area contributed by atoms with Gasteiger partial charge in [-0.15, -0.1) is 0 Å². The van der Waals surface area contributed by atoms with E-state index in [0.717, 1.165) is 0 Å². The largest absolute Gasteiger partial charge is 0.399 e. The van der Waals surface area contributed by atoms with Crippen molar-refractivity contribution in [2.75, 3.05) is 5.73 Å². The average molecular weight is 252 g/mol. The Hall–Kier alpha value is -1.62. The van der Waals surface area contributed by atoms with Crippen LogP contribution in [-0.2, 0) is 0 Å². The molecule has 4 N–H and O–H groups in total. The molecule has 0 saturated heterocycles. The molecule has 1 amide bonds. The lowest BCUT2D eigenvalue weighted by Gasteiger charge is -2.49. The quantitative estimate of drug-likeness (QED) is 0.694. The van der Waals surface area contributed by atoms with E-state index >= 15 is 0 Å². The Kier molecular flexibility index (Phi) is 3.02. The Balaban J connectivity index is 2.12. The summed E-state index contributed by atoms with van der Waals surface area (Å²) < 4.78 is 13.5. The second-order valence-electron chi connectivity index (χ2n) is 5.34. The van der Waals surface area contributed by atoms with Crippen LogP contribution in [0.15, 0.2) is 18.2 Å². The van der Waals surface area contributed by atoms with Crippen LogP contribution in [0.5, 0.6) is 0 Å². The van der Waals surface area contributed by atoms with Gasteiger partial charge in [-0.25, -0.2) is 4.39 Å². The van der Waals surface area contributed by atoms with Gasteiger partial charge >= 0.3 is 0 Å². The van der Waals surface area contributed by atoms with Crippen molar-refractivity contribution < 1.29 is 14.3 Å². The molecular weight excluding hydrogens is 235 g/mol. The van der Waals surface area contributed by atoms with Crippen LogP contribution < -0.4 is 11.1 Å². The number of nitrogens with two attached hydrogens (primary N) is 1. The maximum Gasteiger partial charge on any atom is 0.254 e. The summed E-state index contributed by atoms with van der Waals surface area (Å²) >= 11 is 0. The van der Waals surface area contributed by atoms with Gasteiger partial charge in [-0.05, 0) is 24.6 Å². The number of nitrogen functional groups attached to an aromatic ring is 1. The highest BCUT2D eigenvalue weighted by atomic mass is 19.1. The lowest BCUT2D eigenvalue weighted by atomic mass is 9.64. The van der Waals surface area contributed by atoms with Crippen LogP contribution >= 0.6 is 0 Å². The molecule has 0 heterocycles. The monoisotopic (exact) mass is 252 g/mol. The molecule has 1 aliphatic carbocycles. The van der Waals surface area contributed by atoms with Gasteiger partial charge in [0.05, 0.1) is 11.7 Å². The summed E-state index contributed by atoms with van der Waals surface area (Å²) in [6, 6.07) is 3.74. The van der Waals surface area contributed by atoms with E-state index in [-0.39, 0.29) is 17.0 Å². The lowest BCUT2D eigenvalue weighted by Crippen LogP contribution is -2.61. The van der Waals surface area contributed by atoms with E-state index in [1.807, 2.05) is 13.8 Å². The molecule has 2 rings (SSSR count). The molecule has 1 fully saturated rings. The van der Waals surface area contributed by atoms with Crippen LogP contribution in [0.2, 0.25) is 0 Å². The number of benzene rings is 1. The molecule has 0 spiro atoms. The predicted molar refractivity (Wildman–Crippen MR) is 66.5 cm³/mol. The summed E-state index contributed by atoms with van der Waals surface area (Å²) in [5.74, 6) is -1.09. The van der Waals surface area contributed by atoms with Crippen LogP contribution in [-0.4, -0.2) is 23.2 Å². The first-order valence-electron chi connectivity index (χ1n) is 5.86. The fraction of sp³-hybridized carbons (Fsp3) is 0.462. The molecule has 1 saturated carbocycles. The smallest absolute Gasteiger partial charge is 0.254 e. The van der Waals surface area contributed by atoms with E-state index in [9.17, 15) is 14.3 Å². The molecule has 0 aliphatic heterocycles. The molecule has 0 bridgehead atoms. The van der Waals surface area contributed by atoms with Crippen molar-refractivity contribution >= 4 is 11.6 Å². The summed E-state index contributed by atoms with van der Waals surface area (Å²) in [4.78, 5) is 11.9. The number of amides is 1. The third-order valence-electron chi connectivity index (χ3n) is 3.76. The number of hydrogen-bond acceptors (Lipinski definition) is 3. The Bertz CT molecular complexity index is 488. The van der Waals surface area contributed by atoms with Crippen LogP contribution in [0.1, 0.15) is 30.6 Å². The highest BCUT2D eigenvalue weighted by Gasteiger charge is 2.48. The van der Waals surface area contributed by atoms with Crippen molar-refractivity contribution in [2.45, 2.75) is 32.4 Å². The number of aliphatic hydroxyl groups excluding tert-OH is 1.